The van der Waals surface area contributed by atoms with E-state index < -0.39 is 5.91 Å². The van der Waals surface area contributed by atoms with Crippen LogP contribution in [0.5, 0.6) is 0 Å². The highest BCUT2D eigenvalue weighted by Crippen LogP contribution is 2.35. The number of nitrogens with two attached hydrogens (primary N) is 1. The van der Waals surface area contributed by atoms with Gasteiger partial charge in [0.1, 0.15) is 11.6 Å². The summed E-state index contributed by atoms with van der Waals surface area (Å²) in [7, 11) is 0. The van der Waals surface area contributed by atoms with Gasteiger partial charge in [0.25, 0.3) is 5.91 Å². The number of aryl methyl sites for hydroxylation is 1. The molecule has 0 saturated heterocycles. The second-order valence-electron chi connectivity index (χ2n) is 3.44. The van der Waals surface area contributed by atoms with Crippen molar-refractivity contribution in [2.24, 2.45) is 5.73 Å². The molecular formula is C11H10N2OS. The van der Waals surface area contributed by atoms with Crippen LogP contribution in [-0.4, -0.2) is 5.91 Å². The molecule has 0 fully saturated rings. The number of amides is 1. The molecule has 0 bridgehead atoms. The quantitative estimate of drug-likeness (QED) is 0.577. The summed E-state index contributed by atoms with van der Waals surface area (Å²) >= 11 is 1.67. The smallest absolute Gasteiger partial charge is 0.259 e. The Morgan fingerprint density at radius 1 is 1.53 bits per heavy atom. The van der Waals surface area contributed by atoms with Crippen LogP contribution in [0.1, 0.15) is 23.3 Å². The van der Waals surface area contributed by atoms with Gasteiger partial charge in [0, 0.05) is 4.88 Å². The first-order chi connectivity index (χ1) is 7.24. The molecule has 1 aliphatic rings. The van der Waals surface area contributed by atoms with E-state index in [-0.39, 0.29) is 5.57 Å². The number of carbonyl (C=O) groups is 1. The Labute approximate surface area is 91.8 Å². The maximum atomic E-state index is 11.1. The van der Waals surface area contributed by atoms with Gasteiger partial charge in [-0.3, -0.25) is 4.79 Å². The van der Waals surface area contributed by atoms with Crippen LogP contribution >= 0.6 is 11.3 Å². The molecule has 0 aliphatic heterocycles. The molecule has 1 aromatic heterocycles. The summed E-state index contributed by atoms with van der Waals surface area (Å²) in [5.41, 5.74) is 7.18. The Bertz CT molecular complexity index is 479. The fourth-order valence-corrected chi connectivity index (χ4v) is 2.84. The van der Waals surface area contributed by atoms with Crippen molar-refractivity contribution in [3.8, 4) is 6.07 Å². The van der Waals surface area contributed by atoms with E-state index in [9.17, 15) is 4.79 Å². The molecule has 2 N–H and O–H groups in total. The van der Waals surface area contributed by atoms with Crippen LogP contribution in [0.2, 0.25) is 0 Å². The second-order valence-corrected chi connectivity index (χ2v) is 4.44. The van der Waals surface area contributed by atoms with Crippen LogP contribution < -0.4 is 5.73 Å². The normalized spacial score (nSPS) is 17.8. The number of thiophene rings is 1. The van der Waals surface area contributed by atoms with E-state index in [1.807, 2.05) is 17.5 Å². The minimum Gasteiger partial charge on any atom is -0.365 e. The third kappa shape index (κ3) is 1.66. The molecule has 2 rings (SSSR count). The van der Waals surface area contributed by atoms with Crippen LogP contribution in [0.15, 0.2) is 17.0 Å². The molecule has 1 aliphatic carbocycles. The maximum Gasteiger partial charge on any atom is 0.259 e. The van der Waals surface area contributed by atoms with Crippen molar-refractivity contribution >= 4 is 22.8 Å². The summed E-state index contributed by atoms with van der Waals surface area (Å²) in [5.74, 6) is -0.619. The molecule has 0 saturated carbocycles. The molecule has 76 valence electrons. The van der Waals surface area contributed by atoms with Crippen molar-refractivity contribution in [3.05, 3.63) is 27.5 Å². The van der Waals surface area contributed by atoms with Gasteiger partial charge in [0.15, 0.2) is 0 Å². The van der Waals surface area contributed by atoms with Crippen molar-refractivity contribution in [2.45, 2.75) is 19.3 Å². The molecule has 1 aromatic rings. The number of fused-ring (bicyclic) bond motifs is 1. The summed E-state index contributed by atoms with van der Waals surface area (Å²) in [6.45, 7) is 0. The Morgan fingerprint density at radius 2 is 2.33 bits per heavy atom. The van der Waals surface area contributed by atoms with Crippen LogP contribution in [0.25, 0.3) is 5.57 Å². The first kappa shape index (κ1) is 9.94. The number of allylic oxidation sites excluding steroid dienone is 1. The van der Waals surface area contributed by atoms with Gasteiger partial charge in [0.2, 0.25) is 0 Å². The second kappa shape index (κ2) is 3.87. The van der Waals surface area contributed by atoms with E-state index in [1.165, 1.54) is 4.88 Å². The van der Waals surface area contributed by atoms with Crippen LogP contribution in [-0.2, 0) is 11.2 Å². The lowest BCUT2D eigenvalue weighted by Crippen LogP contribution is -2.15. The number of hydrogen-bond acceptors (Lipinski definition) is 3. The predicted molar refractivity (Wildman–Crippen MR) is 59.0 cm³/mol. The Hall–Kier alpha value is -1.60. The molecule has 0 radical (unpaired) electrons. The van der Waals surface area contributed by atoms with Crippen molar-refractivity contribution in [1.29, 1.82) is 5.26 Å². The number of primary amides is 1. The zero-order valence-corrected chi connectivity index (χ0v) is 8.93. The molecular weight excluding hydrogens is 208 g/mol. The lowest BCUT2D eigenvalue weighted by molar-refractivity contribution is -0.114. The standard InChI is InChI=1S/C11H10N2OS/c12-6-9(11(13)14)7-2-1-3-10-8(7)4-5-15-10/h4-5H,1-3H2,(H2,13,14)/b9-7+. The van der Waals surface area contributed by atoms with Gasteiger partial charge in [-0.2, -0.15) is 5.26 Å². The summed E-state index contributed by atoms with van der Waals surface area (Å²) in [6.07, 6.45) is 2.80. The molecule has 1 amide bonds. The minimum atomic E-state index is -0.619. The lowest BCUT2D eigenvalue weighted by Gasteiger charge is -2.15. The lowest BCUT2D eigenvalue weighted by atomic mass is 9.90. The first-order valence-electron chi connectivity index (χ1n) is 4.74. The van der Waals surface area contributed by atoms with E-state index in [0.717, 1.165) is 30.4 Å². The van der Waals surface area contributed by atoms with Gasteiger partial charge in [-0.1, -0.05) is 0 Å². The fourth-order valence-electron chi connectivity index (χ4n) is 1.89. The third-order valence-corrected chi connectivity index (χ3v) is 3.54. The van der Waals surface area contributed by atoms with Crippen LogP contribution in [0.3, 0.4) is 0 Å². The zero-order valence-electron chi connectivity index (χ0n) is 8.12. The topological polar surface area (TPSA) is 66.9 Å². The van der Waals surface area contributed by atoms with Gasteiger partial charge in [-0.05, 0) is 41.8 Å². The zero-order chi connectivity index (χ0) is 10.8. The Kier molecular flexibility index (Phi) is 2.57. The summed E-state index contributed by atoms with van der Waals surface area (Å²) in [4.78, 5) is 12.4. The van der Waals surface area contributed by atoms with Gasteiger partial charge < -0.3 is 5.73 Å². The van der Waals surface area contributed by atoms with E-state index in [4.69, 9.17) is 11.0 Å². The summed E-state index contributed by atoms with van der Waals surface area (Å²) in [6, 6.07) is 3.88. The molecule has 15 heavy (non-hydrogen) atoms. The van der Waals surface area contributed by atoms with Crippen LogP contribution in [0.4, 0.5) is 0 Å². The van der Waals surface area contributed by atoms with E-state index in [1.54, 1.807) is 11.3 Å². The predicted octanol–water partition coefficient (Wildman–Crippen LogP) is 1.85. The Balaban J connectivity index is 2.59. The van der Waals surface area contributed by atoms with E-state index >= 15 is 0 Å². The van der Waals surface area contributed by atoms with Crippen molar-refractivity contribution in [3.63, 3.8) is 0 Å². The first-order valence-corrected chi connectivity index (χ1v) is 5.62. The number of nitrogens with zero attached hydrogens (tertiary/aromatic N) is 1. The summed E-state index contributed by atoms with van der Waals surface area (Å²) in [5, 5.41) is 10.9. The van der Waals surface area contributed by atoms with Gasteiger partial charge >= 0.3 is 0 Å². The van der Waals surface area contributed by atoms with Gasteiger partial charge in [0.05, 0.1) is 0 Å². The highest BCUT2D eigenvalue weighted by molar-refractivity contribution is 7.10. The molecule has 3 nitrogen and oxygen atoms in total. The largest absolute Gasteiger partial charge is 0.365 e. The molecule has 0 spiro atoms. The highest BCUT2D eigenvalue weighted by Gasteiger charge is 2.20. The van der Waals surface area contributed by atoms with E-state index in [0.29, 0.717) is 0 Å². The molecule has 1 heterocycles. The van der Waals surface area contributed by atoms with Gasteiger partial charge in [-0.15, -0.1) is 11.3 Å². The Morgan fingerprint density at radius 3 is 3.00 bits per heavy atom. The number of hydrogen-bond donors (Lipinski definition) is 1. The van der Waals surface area contributed by atoms with Crippen molar-refractivity contribution in [2.75, 3.05) is 0 Å². The monoisotopic (exact) mass is 218 g/mol. The number of nitriles is 1. The molecule has 0 atom stereocenters. The molecule has 0 unspecified atom stereocenters. The SMILES string of the molecule is N#C/C(C(N)=O)=C1/CCCc2sccc21. The minimum absolute atomic E-state index is 0.120. The van der Waals surface area contributed by atoms with Crippen LogP contribution in [0, 0.1) is 11.3 Å². The van der Waals surface area contributed by atoms with Crippen molar-refractivity contribution < 1.29 is 4.79 Å². The average Bonchev–Trinajstić information content (AvgIpc) is 2.66. The number of carbonyl (C=O) groups excluding carboxylic acids is 1. The molecule has 0 aromatic carbocycles. The molecule has 4 heteroatoms. The maximum absolute atomic E-state index is 11.1. The van der Waals surface area contributed by atoms with Crippen molar-refractivity contribution in [1.82, 2.24) is 0 Å². The summed E-state index contributed by atoms with van der Waals surface area (Å²) < 4.78 is 0. The van der Waals surface area contributed by atoms with Gasteiger partial charge in [-0.25, -0.2) is 0 Å². The van der Waals surface area contributed by atoms with E-state index in [2.05, 4.69) is 0 Å². The third-order valence-electron chi connectivity index (χ3n) is 2.56. The number of rotatable bonds is 1. The fraction of sp³-hybridized carbons (Fsp3) is 0.273. The highest BCUT2D eigenvalue weighted by atomic mass is 32.1. The average molecular weight is 218 g/mol.